The van der Waals surface area contributed by atoms with Gasteiger partial charge in [0.15, 0.2) is 0 Å². The molecule has 0 aliphatic carbocycles. The summed E-state index contributed by atoms with van der Waals surface area (Å²) in [6.45, 7) is 4.53. The van der Waals surface area contributed by atoms with Crippen LogP contribution in [0.4, 0.5) is 4.39 Å². The van der Waals surface area contributed by atoms with Crippen LogP contribution in [0.25, 0.3) is 0 Å². The zero-order valence-electron chi connectivity index (χ0n) is 4.04. The highest BCUT2D eigenvalue weighted by Gasteiger charge is 1.87. The summed E-state index contributed by atoms with van der Waals surface area (Å²) in [4.78, 5) is 0. The summed E-state index contributed by atoms with van der Waals surface area (Å²) in [5.41, 5.74) is 0. The minimum Gasteiger partial charge on any atom is -0.211 e. The fraction of sp³-hybridized carbons (Fsp3) is 0.200. The molecule has 40 valence electrons. The Kier molecular flexibility index (Phi) is 2.68. The maximum Gasteiger partial charge on any atom is 0.115 e. The molecule has 0 heterocycles. The third-order valence-electron chi connectivity index (χ3n) is 0.508. The third-order valence-corrected chi connectivity index (χ3v) is 0.923. The fourth-order valence-corrected chi connectivity index (χ4v) is 0.141. The molecule has 0 aromatic heterocycles. The fourth-order valence-electron chi connectivity index (χ4n) is 0.141. The van der Waals surface area contributed by atoms with E-state index in [9.17, 15) is 4.39 Å². The zero-order valence-corrected chi connectivity index (χ0v) is 4.80. The van der Waals surface area contributed by atoms with E-state index < -0.39 is 5.83 Å². The van der Waals surface area contributed by atoms with Crippen molar-refractivity contribution in [2.45, 2.75) is 6.92 Å². The minimum atomic E-state index is -0.392. The number of allylic oxidation sites excluding steroid dienone is 3. The van der Waals surface area contributed by atoms with Crippen molar-refractivity contribution in [1.82, 2.24) is 0 Å². The van der Waals surface area contributed by atoms with Gasteiger partial charge >= 0.3 is 0 Å². The average molecular weight is 121 g/mol. The first-order chi connectivity index (χ1) is 3.18. The van der Waals surface area contributed by atoms with Crippen molar-refractivity contribution in [3.8, 4) is 0 Å². The van der Waals surface area contributed by atoms with Gasteiger partial charge in [-0.25, -0.2) is 4.39 Å². The van der Waals surface area contributed by atoms with Crippen molar-refractivity contribution >= 4 is 11.6 Å². The molecule has 0 saturated carbocycles. The molecule has 7 heavy (non-hydrogen) atoms. The SMILES string of the molecule is C=C/C(Cl)=C(\C)F. The minimum absolute atomic E-state index is 0.0833. The normalized spacial score (nSPS) is 13.0. The summed E-state index contributed by atoms with van der Waals surface area (Å²) < 4.78 is 11.8. The van der Waals surface area contributed by atoms with Crippen LogP contribution in [0.2, 0.25) is 0 Å². The van der Waals surface area contributed by atoms with Crippen molar-refractivity contribution in [1.29, 1.82) is 0 Å². The molecule has 0 aromatic carbocycles. The van der Waals surface area contributed by atoms with Crippen LogP contribution in [0.5, 0.6) is 0 Å². The van der Waals surface area contributed by atoms with Crippen LogP contribution in [0.15, 0.2) is 23.5 Å². The number of rotatable bonds is 1. The Labute approximate surface area is 47.3 Å². The number of hydrogen-bond acceptors (Lipinski definition) is 0. The standard InChI is InChI=1S/C5H6ClF/c1-3-5(6)4(2)7/h3H,1H2,2H3/b5-4-. The quantitative estimate of drug-likeness (QED) is 0.467. The van der Waals surface area contributed by atoms with Crippen molar-refractivity contribution in [3.05, 3.63) is 23.5 Å². The molecule has 0 aromatic rings. The van der Waals surface area contributed by atoms with E-state index in [1.165, 1.54) is 13.0 Å². The monoisotopic (exact) mass is 120 g/mol. The van der Waals surface area contributed by atoms with E-state index in [1.807, 2.05) is 0 Å². The van der Waals surface area contributed by atoms with Crippen LogP contribution in [0.3, 0.4) is 0 Å². The summed E-state index contributed by atoms with van der Waals surface area (Å²) in [6.07, 6.45) is 1.26. The molecule has 0 N–H and O–H groups in total. The second-order valence-electron chi connectivity index (χ2n) is 1.09. The summed E-state index contributed by atoms with van der Waals surface area (Å²) in [5, 5.41) is 0.0833. The lowest BCUT2D eigenvalue weighted by atomic mass is 10.5. The molecule has 0 bridgehead atoms. The summed E-state index contributed by atoms with van der Waals surface area (Å²) >= 11 is 5.19. The third kappa shape index (κ3) is 2.40. The van der Waals surface area contributed by atoms with Gasteiger partial charge in [-0.3, -0.25) is 0 Å². The van der Waals surface area contributed by atoms with E-state index in [0.29, 0.717) is 0 Å². The predicted molar refractivity (Wildman–Crippen MR) is 29.9 cm³/mol. The van der Waals surface area contributed by atoms with Gasteiger partial charge in [0.05, 0.1) is 5.03 Å². The van der Waals surface area contributed by atoms with Crippen LogP contribution >= 0.6 is 11.6 Å². The molecule has 0 aliphatic heterocycles. The Morgan fingerprint density at radius 1 is 1.86 bits per heavy atom. The van der Waals surface area contributed by atoms with Crippen molar-refractivity contribution in [2.75, 3.05) is 0 Å². The topological polar surface area (TPSA) is 0 Å². The second-order valence-corrected chi connectivity index (χ2v) is 1.49. The molecule has 0 unspecified atom stereocenters. The van der Waals surface area contributed by atoms with Crippen LogP contribution in [0, 0.1) is 0 Å². The van der Waals surface area contributed by atoms with Gasteiger partial charge < -0.3 is 0 Å². The molecule has 0 rings (SSSR count). The molecule has 0 nitrogen and oxygen atoms in total. The van der Waals surface area contributed by atoms with E-state index in [4.69, 9.17) is 11.6 Å². The van der Waals surface area contributed by atoms with E-state index >= 15 is 0 Å². The lowest BCUT2D eigenvalue weighted by molar-refractivity contribution is 0.638. The Hall–Kier alpha value is -0.300. The first-order valence-corrected chi connectivity index (χ1v) is 2.20. The molecular formula is C5H6ClF. The van der Waals surface area contributed by atoms with Gasteiger partial charge in [0, 0.05) is 0 Å². The number of hydrogen-bond donors (Lipinski definition) is 0. The Balaban J connectivity index is 3.98. The predicted octanol–water partition coefficient (Wildman–Crippen LogP) is 2.61. The van der Waals surface area contributed by atoms with Gasteiger partial charge in [0.2, 0.25) is 0 Å². The molecule has 0 fully saturated rings. The maximum absolute atomic E-state index is 11.8. The summed E-state index contributed by atoms with van der Waals surface area (Å²) in [7, 11) is 0. The molecule has 2 heteroatoms. The Morgan fingerprint density at radius 2 is 2.29 bits per heavy atom. The lowest BCUT2D eigenvalue weighted by Gasteiger charge is -1.82. The molecule has 0 spiro atoms. The zero-order chi connectivity index (χ0) is 5.86. The van der Waals surface area contributed by atoms with Crippen LogP contribution < -0.4 is 0 Å². The highest BCUT2D eigenvalue weighted by Crippen LogP contribution is 2.09. The van der Waals surface area contributed by atoms with Gasteiger partial charge in [0.25, 0.3) is 0 Å². The Bertz CT molecular complexity index is 101. The number of halogens is 2. The van der Waals surface area contributed by atoms with Crippen molar-refractivity contribution in [3.63, 3.8) is 0 Å². The second kappa shape index (κ2) is 2.80. The highest BCUT2D eigenvalue weighted by molar-refractivity contribution is 6.31. The van der Waals surface area contributed by atoms with E-state index in [1.54, 1.807) is 0 Å². The summed E-state index contributed by atoms with van der Waals surface area (Å²) in [5.74, 6) is -0.392. The smallest absolute Gasteiger partial charge is 0.115 e. The van der Waals surface area contributed by atoms with Crippen LogP contribution in [-0.4, -0.2) is 0 Å². The van der Waals surface area contributed by atoms with Crippen molar-refractivity contribution < 1.29 is 4.39 Å². The molecule has 0 radical (unpaired) electrons. The maximum atomic E-state index is 11.8. The average Bonchev–Trinajstić information content (AvgIpc) is 1.65. The molecule has 0 amide bonds. The van der Waals surface area contributed by atoms with Gasteiger partial charge in [-0.05, 0) is 13.0 Å². The summed E-state index contributed by atoms with van der Waals surface area (Å²) in [6, 6.07) is 0. The molecular weight excluding hydrogens is 115 g/mol. The molecule has 0 atom stereocenters. The van der Waals surface area contributed by atoms with Gasteiger partial charge in [-0.1, -0.05) is 18.2 Å². The highest BCUT2D eigenvalue weighted by atomic mass is 35.5. The molecule has 0 saturated heterocycles. The Morgan fingerprint density at radius 3 is 2.29 bits per heavy atom. The van der Waals surface area contributed by atoms with Crippen molar-refractivity contribution in [2.24, 2.45) is 0 Å². The van der Waals surface area contributed by atoms with Gasteiger partial charge in [0.1, 0.15) is 5.83 Å². The van der Waals surface area contributed by atoms with E-state index in [2.05, 4.69) is 6.58 Å². The van der Waals surface area contributed by atoms with E-state index in [0.717, 1.165) is 0 Å². The van der Waals surface area contributed by atoms with Crippen LogP contribution in [0.1, 0.15) is 6.92 Å². The first-order valence-electron chi connectivity index (χ1n) is 1.82. The van der Waals surface area contributed by atoms with Gasteiger partial charge in [-0.15, -0.1) is 0 Å². The first kappa shape index (κ1) is 6.70. The molecule has 0 aliphatic rings. The van der Waals surface area contributed by atoms with E-state index in [-0.39, 0.29) is 5.03 Å². The van der Waals surface area contributed by atoms with Crippen LogP contribution in [-0.2, 0) is 0 Å². The largest absolute Gasteiger partial charge is 0.211 e. The lowest BCUT2D eigenvalue weighted by Crippen LogP contribution is -1.63. The van der Waals surface area contributed by atoms with Gasteiger partial charge in [-0.2, -0.15) is 0 Å².